The normalized spacial score (nSPS) is 21.0. The van der Waals surface area contributed by atoms with Crippen molar-refractivity contribution < 1.29 is 13.6 Å². The molecule has 1 saturated carbocycles. The Bertz CT molecular complexity index is 1390. The first-order valence-electron chi connectivity index (χ1n) is 10.9. The summed E-state index contributed by atoms with van der Waals surface area (Å²) in [5.41, 5.74) is 2.06. The van der Waals surface area contributed by atoms with Crippen molar-refractivity contribution in [2.45, 2.75) is 31.5 Å². The molecule has 0 spiro atoms. The second-order valence-electron chi connectivity index (χ2n) is 8.95. The van der Waals surface area contributed by atoms with Gasteiger partial charge in [-0.1, -0.05) is 15.3 Å². The van der Waals surface area contributed by atoms with Crippen molar-refractivity contribution in [2.75, 3.05) is 4.90 Å². The Hall–Kier alpha value is -3.12. The van der Waals surface area contributed by atoms with Gasteiger partial charge in [-0.2, -0.15) is 8.78 Å². The molecule has 2 aliphatic rings. The zero-order valence-electron chi connectivity index (χ0n) is 17.9. The second-order valence-corrected chi connectivity index (χ2v) is 9.68. The van der Waals surface area contributed by atoms with Gasteiger partial charge in [-0.05, 0) is 67.1 Å². The number of aromatic nitrogens is 4. The van der Waals surface area contributed by atoms with Crippen LogP contribution in [0, 0.1) is 18.8 Å². The standard InChI is InChI=1S/C24H22F2N5OP/c1-13-8-15(30-10-20(29-12-30)24(25,26)33)4-6-17(13)22-21(14-2-3-14)23(32)31(22)16-5-7-18-19(9-16)28-11-27-18/h4-12,14,21-22H,2-3,33H2,1H3,(H,27,28)/t21?,22-/m1/s1. The Labute approximate surface area is 191 Å². The van der Waals surface area contributed by atoms with Crippen LogP contribution in [0.1, 0.15) is 35.7 Å². The number of carbonyl (C=O) groups excluding carboxylic acids is 1. The topological polar surface area (TPSA) is 66.8 Å². The van der Waals surface area contributed by atoms with Crippen LogP contribution in [-0.2, 0) is 10.5 Å². The van der Waals surface area contributed by atoms with Gasteiger partial charge in [0.15, 0.2) is 0 Å². The number of aryl methyl sites for hydroxylation is 1. The number of fused-ring (bicyclic) bond motifs is 1. The lowest BCUT2D eigenvalue weighted by Gasteiger charge is -2.48. The molecule has 1 aliphatic heterocycles. The summed E-state index contributed by atoms with van der Waals surface area (Å²) < 4.78 is 28.7. The number of amides is 1. The Balaban J connectivity index is 1.37. The minimum atomic E-state index is -3.07. The van der Waals surface area contributed by atoms with Gasteiger partial charge in [0.25, 0.3) is 0 Å². The average molecular weight is 465 g/mol. The van der Waals surface area contributed by atoms with Gasteiger partial charge in [0.1, 0.15) is 5.69 Å². The monoisotopic (exact) mass is 465 g/mol. The molecule has 6 nitrogen and oxygen atoms in total. The first-order valence-corrected chi connectivity index (χ1v) is 11.5. The maximum Gasteiger partial charge on any atom is 0.301 e. The van der Waals surface area contributed by atoms with E-state index in [9.17, 15) is 13.6 Å². The van der Waals surface area contributed by atoms with Crippen LogP contribution in [0.15, 0.2) is 55.2 Å². The number of anilines is 1. The number of aromatic amines is 1. The van der Waals surface area contributed by atoms with Crippen molar-refractivity contribution in [3.63, 3.8) is 0 Å². The summed E-state index contributed by atoms with van der Waals surface area (Å²) in [5, 5.41) is 0. The first-order chi connectivity index (χ1) is 15.8. The predicted octanol–water partition coefficient (Wildman–Crippen LogP) is 5.10. The fraction of sp³-hybridized carbons (Fsp3) is 0.292. The number of H-pyrrole nitrogens is 1. The van der Waals surface area contributed by atoms with E-state index in [0.717, 1.165) is 46.4 Å². The molecule has 3 heterocycles. The maximum absolute atomic E-state index is 13.6. The quantitative estimate of drug-likeness (QED) is 0.330. The number of imidazole rings is 2. The SMILES string of the molecule is Cc1cc(-n2cnc(C(F)(F)P)c2)ccc1[C@@H]1C(C2CC2)C(=O)N1c1ccc2[nH]cnc2c1. The highest BCUT2D eigenvalue weighted by atomic mass is 31.0. The summed E-state index contributed by atoms with van der Waals surface area (Å²) >= 11 is 0. The number of alkyl halides is 2. The molecule has 1 N–H and O–H groups in total. The van der Waals surface area contributed by atoms with Gasteiger partial charge in [0.2, 0.25) is 5.91 Å². The van der Waals surface area contributed by atoms with Crippen molar-refractivity contribution in [2.24, 2.45) is 11.8 Å². The minimum Gasteiger partial charge on any atom is -0.345 e. The second kappa shape index (κ2) is 7.19. The van der Waals surface area contributed by atoms with Crippen LogP contribution in [0.2, 0.25) is 0 Å². The largest absolute Gasteiger partial charge is 0.345 e. The highest BCUT2D eigenvalue weighted by molar-refractivity contribution is 7.17. The van der Waals surface area contributed by atoms with Crippen molar-refractivity contribution in [3.8, 4) is 5.69 Å². The number of carbonyl (C=O) groups is 1. The molecule has 1 amide bonds. The van der Waals surface area contributed by atoms with E-state index in [4.69, 9.17) is 0 Å². The van der Waals surface area contributed by atoms with Crippen molar-refractivity contribution in [3.05, 3.63) is 72.1 Å². The lowest BCUT2D eigenvalue weighted by molar-refractivity contribution is -0.131. The zero-order valence-corrected chi connectivity index (χ0v) is 19.0. The first kappa shape index (κ1) is 20.5. The Morgan fingerprint density at radius 1 is 1.12 bits per heavy atom. The van der Waals surface area contributed by atoms with E-state index in [0.29, 0.717) is 5.92 Å². The van der Waals surface area contributed by atoms with Gasteiger partial charge in [-0.3, -0.25) is 4.79 Å². The fourth-order valence-corrected chi connectivity index (χ4v) is 5.05. The number of hydrogen-bond donors (Lipinski definition) is 1. The number of nitrogens with one attached hydrogen (secondary N) is 1. The highest BCUT2D eigenvalue weighted by Gasteiger charge is 2.55. The highest BCUT2D eigenvalue weighted by Crippen LogP contribution is 2.54. The summed E-state index contributed by atoms with van der Waals surface area (Å²) in [5.74, 6) is 0.551. The number of nitrogens with zero attached hydrogens (tertiary/aromatic N) is 4. The summed E-state index contributed by atoms with van der Waals surface area (Å²) in [6.07, 6.45) is 6.54. The van der Waals surface area contributed by atoms with Crippen LogP contribution in [-0.4, -0.2) is 25.4 Å². The summed E-state index contributed by atoms with van der Waals surface area (Å²) in [4.78, 5) is 26.3. The van der Waals surface area contributed by atoms with E-state index in [-0.39, 0.29) is 23.6 Å². The molecule has 1 saturated heterocycles. The molecular formula is C24H22F2N5OP. The number of hydrogen-bond acceptors (Lipinski definition) is 3. The number of benzene rings is 2. The van der Waals surface area contributed by atoms with E-state index in [1.165, 1.54) is 21.8 Å². The number of halogens is 2. The van der Waals surface area contributed by atoms with Crippen LogP contribution in [0.4, 0.5) is 14.5 Å². The summed E-state index contributed by atoms with van der Waals surface area (Å²) in [7, 11) is 1.51. The predicted molar refractivity (Wildman–Crippen MR) is 124 cm³/mol. The molecule has 0 bridgehead atoms. The van der Waals surface area contributed by atoms with Crippen molar-refractivity contribution in [1.82, 2.24) is 19.5 Å². The Morgan fingerprint density at radius 2 is 1.91 bits per heavy atom. The van der Waals surface area contributed by atoms with Crippen LogP contribution in [0.3, 0.4) is 0 Å². The maximum atomic E-state index is 13.6. The third-order valence-electron chi connectivity index (χ3n) is 6.75. The van der Waals surface area contributed by atoms with Crippen molar-refractivity contribution >= 4 is 31.9 Å². The zero-order chi connectivity index (χ0) is 22.9. The molecule has 168 valence electrons. The average Bonchev–Trinajstić information content (AvgIpc) is 3.25. The molecule has 2 aromatic heterocycles. The summed E-state index contributed by atoms with van der Waals surface area (Å²) in [6.45, 7) is 2.00. The van der Waals surface area contributed by atoms with E-state index >= 15 is 0 Å². The molecular weight excluding hydrogens is 443 g/mol. The van der Waals surface area contributed by atoms with Gasteiger partial charge in [0.05, 0.1) is 35.6 Å². The lowest BCUT2D eigenvalue weighted by atomic mass is 9.77. The lowest BCUT2D eigenvalue weighted by Crippen LogP contribution is -2.56. The Morgan fingerprint density at radius 3 is 2.61 bits per heavy atom. The molecule has 4 aromatic rings. The minimum absolute atomic E-state index is 0.0277. The van der Waals surface area contributed by atoms with Gasteiger partial charge in [-0.15, -0.1) is 0 Å². The van der Waals surface area contributed by atoms with E-state index < -0.39 is 5.66 Å². The molecule has 2 unspecified atom stereocenters. The third-order valence-corrected chi connectivity index (χ3v) is 7.04. The fourth-order valence-electron chi connectivity index (χ4n) is 4.90. The molecule has 1 aliphatic carbocycles. The van der Waals surface area contributed by atoms with Gasteiger partial charge >= 0.3 is 5.66 Å². The van der Waals surface area contributed by atoms with Crippen LogP contribution in [0.25, 0.3) is 16.7 Å². The molecule has 9 heteroatoms. The molecule has 33 heavy (non-hydrogen) atoms. The smallest absolute Gasteiger partial charge is 0.301 e. The molecule has 6 rings (SSSR count). The number of rotatable bonds is 5. The van der Waals surface area contributed by atoms with Crippen molar-refractivity contribution in [1.29, 1.82) is 0 Å². The van der Waals surface area contributed by atoms with E-state index in [1.54, 1.807) is 10.9 Å². The van der Waals surface area contributed by atoms with E-state index in [2.05, 4.69) is 15.0 Å². The number of β-lactam (4-membered cyclic amide) rings is 1. The van der Waals surface area contributed by atoms with Gasteiger partial charge in [-0.25, -0.2) is 9.97 Å². The summed E-state index contributed by atoms with van der Waals surface area (Å²) in [6, 6.07) is 11.7. The molecule has 2 fully saturated rings. The van der Waals surface area contributed by atoms with E-state index in [1.807, 2.05) is 48.2 Å². The third kappa shape index (κ3) is 3.35. The van der Waals surface area contributed by atoms with Crippen LogP contribution < -0.4 is 4.90 Å². The molecule has 2 aromatic carbocycles. The van der Waals surface area contributed by atoms with Crippen LogP contribution in [0.5, 0.6) is 0 Å². The van der Waals surface area contributed by atoms with Crippen LogP contribution >= 0.6 is 9.24 Å². The van der Waals surface area contributed by atoms with Gasteiger partial charge < -0.3 is 14.5 Å². The molecule has 3 atom stereocenters. The molecule has 0 radical (unpaired) electrons. The van der Waals surface area contributed by atoms with Gasteiger partial charge in [0, 0.05) is 17.6 Å². The Kier molecular flexibility index (Phi) is 4.46.